The van der Waals surface area contributed by atoms with Gasteiger partial charge in [0.15, 0.2) is 0 Å². The van der Waals surface area contributed by atoms with Gasteiger partial charge in [-0.15, -0.1) is 0 Å². The predicted octanol–water partition coefficient (Wildman–Crippen LogP) is 0.698. The van der Waals surface area contributed by atoms with Gasteiger partial charge in [-0.3, -0.25) is 4.79 Å². The zero-order chi connectivity index (χ0) is 12.0. The number of aryl methyl sites for hydroxylation is 1. The average Bonchev–Trinajstić information content (AvgIpc) is 2.26. The summed E-state index contributed by atoms with van der Waals surface area (Å²) in [4.78, 5) is 11.4. The Morgan fingerprint density at radius 2 is 2.31 bits per heavy atom. The van der Waals surface area contributed by atoms with E-state index in [1.807, 2.05) is 24.3 Å². The average molecular weight is 222 g/mol. The van der Waals surface area contributed by atoms with E-state index in [0.717, 1.165) is 5.56 Å². The van der Waals surface area contributed by atoms with Gasteiger partial charge in [0.2, 0.25) is 5.91 Å². The highest BCUT2D eigenvalue weighted by molar-refractivity contribution is 5.76. The monoisotopic (exact) mass is 222 g/mol. The summed E-state index contributed by atoms with van der Waals surface area (Å²) >= 11 is 0. The Bertz CT molecular complexity index is 353. The Balaban J connectivity index is 2.37. The summed E-state index contributed by atoms with van der Waals surface area (Å²) in [5.41, 5.74) is 7.39. The summed E-state index contributed by atoms with van der Waals surface area (Å²) in [5, 5.41) is 11.5. The van der Waals surface area contributed by atoms with Crippen molar-refractivity contribution in [2.24, 2.45) is 0 Å². The lowest BCUT2D eigenvalue weighted by Gasteiger charge is -2.10. The van der Waals surface area contributed by atoms with Crippen molar-refractivity contribution in [3.05, 3.63) is 29.8 Å². The molecule has 1 rings (SSSR count). The second kappa shape index (κ2) is 6.12. The third kappa shape index (κ3) is 4.31. The quantitative estimate of drug-likeness (QED) is 0.642. The fourth-order valence-corrected chi connectivity index (χ4v) is 1.40. The maximum Gasteiger partial charge on any atom is 0.220 e. The minimum Gasteiger partial charge on any atom is -0.399 e. The van der Waals surface area contributed by atoms with Crippen molar-refractivity contribution in [1.29, 1.82) is 0 Å². The molecule has 4 nitrogen and oxygen atoms in total. The zero-order valence-electron chi connectivity index (χ0n) is 9.44. The Labute approximate surface area is 95.5 Å². The van der Waals surface area contributed by atoms with Gasteiger partial charge >= 0.3 is 0 Å². The van der Waals surface area contributed by atoms with E-state index in [-0.39, 0.29) is 18.6 Å². The fourth-order valence-electron chi connectivity index (χ4n) is 1.40. The van der Waals surface area contributed by atoms with Crippen LogP contribution in [0.3, 0.4) is 0 Å². The molecule has 16 heavy (non-hydrogen) atoms. The number of carbonyl (C=O) groups excluding carboxylic acids is 1. The molecular weight excluding hydrogens is 204 g/mol. The third-order valence-corrected chi connectivity index (χ3v) is 2.27. The summed E-state index contributed by atoms with van der Waals surface area (Å²) in [7, 11) is 0. The molecule has 0 aliphatic rings. The molecule has 1 aromatic carbocycles. The smallest absolute Gasteiger partial charge is 0.220 e. The Morgan fingerprint density at radius 3 is 2.94 bits per heavy atom. The first-order valence-electron chi connectivity index (χ1n) is 5.36. The van der Waals surface area contributed by atoms with E-state index in [1.54, 1.807) is 6.92 Å². The number of aliphatic hydroxyl groups is 1. The van der Waals surface area contributed by atoms with Crippen LogP contribution in [0.1, 0.15) is 18.9 Å². The number of nitrogen functional groups attached to an aromatic ring is 1. The van der Waals surface area contributed by atoms with Crippen LogP contribution in [0, 0.1) is 0 Å². The summed E-state index contributed by atoms with van der Waals surface area (Å²) < 4.78 is 0. The molecule has 0 bridgehead atoms. The highest BCUT2D eigenvalue weighted by Crippen LogP contribution is 2.08. The maximum absolute atomic E-state index is 11.4. The van der Waals surface area contributed by atoms with Crippen molar-refractivity contribution in [2.75, 3.05) is 12.3 Å². The molecule has 0 aromatic heterocycles. The SMILES string of the molecule is CC(CO)NC(=O)CCc1cccc(N)c1. The number of rotatable bonds is 5. The molecule has 0 aliphatic carbocycles. The van der Waals surface area contributed by atoms with Gasteiger partial charge < -0.3 is 16.2 Å². The number of hydrogen-bond acceptors (Lipinski definition) is 3. The molecule has 0 aliphatic heterocycles. The normalized spacial score (nSPS) is 12.1. The fraction of sp³-hybridized carbons (Fsp3) is 0.417. The number of amides is 1. The Kier molecular flexibility index (Phi) is 4.79. The van der Waals surface area contributed by atoms with Crippen molar-refractivity contribution in [3.63, 3.8) is 0 Å². The highest BCUT2D eigenvalue weighted by Gasteiger charge is 2.06. The lowest BCUT2D eigenvalue weighted by Crippen LogP contribution is -2.35. The number of carbonyl (C=O) groups is 1. The van der Waals surface area contributed by atoms with Crippen LogP contribution in [-0.2, 0) is 11.2 Å². The number of nitrogens with one attached hydrogen (secondary N) is 1. The van der Waals surface area contributed by atoms with Gasteiger partial charge in [-0.25, -0.2) is 0 Å². The van der Waals surface area contributed by atoms with Crippen LogP contribution >= 0.6 is 0 Å². The number of hydrogen-bond donors (Lipinski definition) is 3. The van der Waals surface area contributed by atoms with Gasteiger partial charge in [0, 0.05) is 18.2 Å². The largest absolute Gasteiger partial charge is 0.399 e. The van der Waals surface area contributed by atoms with Crippen LogP contribution in [-0.4, -0.2) is 23.7 Å². The zero-order valence-corrected chi connectivity index (χ0v) is 9.44. The molecular formula is C12H18N2O2. The van der Waals surface area contributed by atoms with Gasteiger partial charge in [0.25, 0.3) is 0 Å². The van der Waals surface area contributed by atoms with Crippen molar-refractivity contribution in [2.45, 2.75) is 25.8 Å². The molecule has 88 valence electrons. The molecule has 0 saturated heterocycles. The summed E-state index contributed by atoms with van der Waals surface area (Å²) in [6, 6.07) is 7.31. The second-order valence-corrected chi connectivity index (χ2v) is 3.90. The molecule has 0 fully saturated rings. The van der Waals surface area contributed by atoms with E-state index in [9.17, 15) is 4.79 Å². The Morgan fingerprint density at radius 1 is 1.56 bits per heavy atom. The first kappa shape index (κ1) is 12.5. The van der Waals surface area contributed by atoms with Crippen molar-refractivity contribution in [3.8, 4) is 0 Å². The van der Waals surface area contributed by atoms with Gasteiger partial charge in [0.05, 0.1) is 6.61 Å². The molecule has 0 saturated carbocycles. The number of anilines is 1. The van der Waals surface area contributed by atoms with Crippen LogP contribution in [0.5, 0.6) is 0 Å². The van der Waals surface area contributed by atoms with Gasteiger partial charge in [-0.2, -0.15) is 0 Å². The van der Waals surface area contributed by atoms with Gasteiger partial charge in [-0.1, -0.05) is 12.1 Å². The number of aliphatic hydroxyl groups excluding tert-OH is 1. The first-order valence-corrected chi connectivity index (χ1v) is 5.36. The number of benzene rings is 1. The van der Waals surface area contributed by atoms with Crippen LogP contribution in [0.2, 0.25) is 0 Å². The minimum atomic E-state index is -0.187. The second-order valence-electron chi connectivity index (χ2n) is 3.90. The van der Waals surface area contributed by atoms with Crippen molar-refractivity contribution in [1.82, 2.24) is 5.32 Å². The van der Waals surface area contributed by atoms with E-state index in [4.69, 9.17) is 10.8 Å². The molecule has 4 heteroatoms. The van der Waals surface area contributed by atoms with Crippen LogP contribution < -0.4 is 11.1 Å². The molecule has 1 atom stereocenters. The molecule has 1 aromatic rings. The molecule has 0 heterocycles. The number of nitrogens with two attached hydrogens (primary N) is 1. The highest BCUT2D eigenvalue weighted by atomic mass is 16.3. The first-order chi connectivity index (χ1) is 7.61. The standard InChI is InChI=1S/C12H18N2O2/c1-9(8-15)14-12(16)6-5-10-3-2-4-11(13)7-10/h2-4,7,9,15H,5-6,8,13H2,1H3,(H,14,16). The molecule has 1 amide bonds. The molecule has 4 N–H and O–H groups in total. The van der Waals surface area contributed by atoms with E-state index in [2.05, 4.69) is 5.32 Å². The van der Waals surface area contributed by atoms with Crippen LogP contribution in [0.15, 0.2) is 24.3 Å². The molecule has 0 spiro atoms. The minimum absolute atomic E-state index is 0.0377. The van der Waals surface area contributed by atoms with Crippen molar-refractivity contribution < 1.29 is 9.90 Å². The Hall–Kier alpha value is -1.55. The van der Waals surface area contributed by atoms with Crippen LogP contribution in [0.4, 0.5) is 5.69 Å². The van der Waals surface area contributed by atoms with Gasteiger partial charge in [-0.05, 0) is 31.0 Å². The van der Waals surface area contributed by atoms with Crippen molar-refractivity contribution >= 4 is 11.6 Å². The summed E-state index contributed by atoms with van der Waals surface area (Å²) in [6.45, 7) is 1.72. The van der Waals surface area contributed by atoms with Gasteiger partial charge in [0.1, 0.15) is 0 Å². The van der Waals surface area contributed by atoms with E-state index >= 15 is 0 Å². The molecule has 0 radical (unpaired) electrons. The predicted molar refractivity (Wildman–Crippen MR) is 63.9 cm³/mol. The summed E-state index contributed by atoms with van der Waals surface area (Å²) in [5.74, 6) is -0.0519. The maximum atomic E-state index is 11.4. The van der Waals surface area contributed by atoms with E-state index in [1.165, 1.54) is 0 Å². The third-order valence-electron chi connectivity index (χ3n) is 2.27. The van der Waals surface area contributed by atoms with Crippen LogP contribution in [0.25, 0.3) is 0 Å². The topological polar surface area (TPSA) is 75.3 Å². The lowest BCUT2D eigenvalue weighted by molar-refractivity contribution is -0.121. The molecule has 1 unspecified atom stereocenters. The van der Waals surface area contributed by atoms with E-state index in [0.29, 0.717) is 18.5 Å². The van der Waals surface area contributed by atoms with E-state index < -0.39 is 0 Å². The lowest BCUT2D eigenvalue weighted by atomic mass is 10.1. The summed E-state index contributed by atoms with van der Waals surface area (Å²) in [6.07, 6.45) is 1.07.